The Morgan fingerprint density at radius 2 is 2.25 bits per heavy atom. The highest BCUT2D eigenvalue weighted by Gasteiger charge is 2.01. The number of aliphatic imine (C=N–C) groups is 1. The molecule has 2 aromatic heterocycles. The molecular formula is C11H10N4O. The van der Waals surface area contributed by atoms with E-state index in [0.717, 1.165) is 5.52 Å². The van der Waals surface area contributed by atoms with Crippen molar-refractivity contribution in [3.63, 3.8) is 0 Å². The normalized spacial score (nSPS) is 11.0. The van der Waals surface area contributed by atoms with Crippen LogP contribution in [0.15, 0.2) is 29.3 Å². The summed E-state index contributed by atoms with van der Waals surface area (Å²) >= 11 is 0. The van der Waals surface area contributed by atoms with Gasteiger partial charge in [-0.2, -0.15) is 10.4 Å². The first-order chi connectivity index (χ1) is 7.85. The van der Waals surface area contributed by atoms with Crippen LogP contribution in [0.1, 0.15) is 11.4 Å². The first kappa shape index (κ1) is 10.3. The topological polar surface area (TPSA) is 73.7 Å². The number of hydrogen-bond donors (Lipinski definition) is 1. The monoisotopic (exact) mass is 214 g/mol. The lowest BCUT2D eigenvalue weighted by molar-refractivity contribution is 0.307. The van der Waals surface area contributed by atoms with E-state index in [2.05, 4.69) is 16.2 Å². The molecule has 0 aliphatic carbocycles. The predicted octanol–water partition coefficient (Wildman–Crippen LogP) is 0.617. The zero-order valence-electron chi connectivity index (χ0n) is 8.54. The number of aromatic nitrogens is 2. The minimum atomic E-state index is 0.0196. The fourth-order valence-electron chi connectivity index (χ4n) is 1.37. The van der Waals surface area contributed by atoms with Crippen LogP contribution in [0.25, 0.3) is 5.52 Å². The average Bonchev–Trinajstić information content (AvgIpc) is 2.71. The summed E-state index contributed by atoms with van der Waals surface area (Å²) in [6, 6.07) is 9.30. The Morgan fingerprint density at radius 3 is 3.00 bits per heavy atom. The van der Waals surface area contributed by atoms with Gasteiger partial charge in [-0.25, -0.2) is 4.52 Å². The largest absolute Gasteiger partial charge is 0.394 e. The molecule has 0 aliphatic heterocycles. The summed E-state index contributed by atoms with van der Waals surface area (Å²) in [6.07, 6.45) is 1.58. The summed E-state index contributed by atoms with van der Waals surface area (Å²) in [5, 5.41) is 21.7. The Kier molecular flexibility index (Phi) is 2.94. The van der Waals surface area contributed by atoms with Crippen LogP contribution in [0, 0.1) is 11.3 Å². The SMILES string of the molecule is N#Cc1ccc2ccc(C=NCCO)nn12. The van der Waals surface area contributed by atoms with Gasteiger partial charge in [0.25, 0.3) is 0 Å². The molecule has 2 heterocycles. The molecule has 2 aromatic rings. The van der Waals surface area contributed by atoms with Crippen molar-refractivity contribution in [2.45, 2.75) is 0 Å². The Bertz CT molecular complexity index is 565. The van der Waals surface area contributed by atoms with E-state index in [1.165, 1.54) is 0 Å². The van der Waals surface area contributed by atoms with Gasteiger partial charge in [0, 0.05) is 6.21 Å². The van der Waals surface area contributed by atoms with Gasteiger partial charge in [-0.1, -0.05) is 0 Å². The predicted molar refractivity (Wildman–Crippen MR) is 59.5 cm³/mol. The van der Waals surface area contributed by atoms with Crippen LogP contribution in [-0.2, 0) is 0 Å². The molecule has 0 saturated carbocycles. The molecule has 2 rings (SSSR count). The lowest BCUT2D eigenvalue weighted by Gasteiger charge is -1.97. The van der Waals surface area contributed by atoms with Crippen LogP contribution in [0.5, 0.6) is 0 Å². The Hall–Kier alpha value is -2.19. The molecular weight excluding hydrogens is 204 g/mol. The number of nitriles is 1. The molecule has 0 radical (unpaired) electrons. The molecule has 0 atom stereocenters. The lowest BCUT2D eigenvalue weighted by atomic mass is 10.4. The van der Waals surface area contributed by atoms with Crippen molar-refractivity contribution in [3.05, 3.63) is 35.7 Å². The molecule has 5 heteroatoms. The summed E-state index contributed by atoms with van der Waals surface area (Å²) in [5.74, 6) is 0. The third kappa shape index (κ3) is 1.92. The van der Waals surface area contributed by atoms with Crippen molar-refractivity contribution in [2.75, 3.05) is 13.2 Å². The first-order valence-electron chi connectivity index (χ1n) is 4.85. The van der Waals surface area contributed by atoms with Crippen molar-refractivity contribution in [2.24, 2.45) is 4.99 Å². The maximum Gasteiger partial charge on any atom is 0.142 e. The molecule has 0 spiro atoms. The lowest BCUT2D eigenvalue weighted by Crippen LogP contribution is -1.99. The number of hydrogen-bond acceptors (Lipinski definition) is 4. The molecule has 0 bridgehead atoms. The standard InChI is InChI=1S/C11H10N4O/c12-7-11-4-3-10-2-1-9(14-15(10)11)8-13-5-6-16/h1-4,8,16H,5-6H2. The molecule has 0 saturated heterocycles. The second-order valence-electron chi connectivity index (χ2n) is 3.18. The van der Waals surface area contributed by atoms with E-state index in [1.54, 1.807) is 16.8 Å². The van der Waals surface area contributed by atoms with Gasteiger partial charge >= 0.3 is 0 Å². The summed E-state index contributed by atoms with van der Waals surface area (Å²) in [7, 11) is 0. The fraction of sp³-hybridized carbons (Fsp3) is 0.182. The highest BCUT2D eigenvalue weighted by atomic mass is 16.3. The van der Waals surface area contributed by atoms with Crippen LogP contribution >= 0.6 is 0 Å². The molecule has 0 aliphatic rings. The molecule has 0 fully saturated rings. The van der Waals surface area contributed by atoms with Gasteiger partial charge in [0.15, 0.2) is 0 Å². The third-order valence-corrected chi connectivity index (χ3v) is 2.09. The van der Waals surface area contributed by atoms with Crippen LogP contribution in [0.4, 0.5) is 0 Å². The van der Waals surface area contributed by atoms with Crippen LogP contribution in [0.2, 0.25) is 0 Å². The van der Waals surface area contributed by atoms with Crippen molar-refractivity contribution in [3.8, 4) is 6.07 Å². The zero-order chi connectivity index (χ0) is 11.4. The fourth-order valence-corrected chi connectivity index (χ4v) is 1.37. The molecule has 1 N–H and O–H groups in total. The average molecular weight is 214 g/mol. The molecule has 0 amide bonds. The number of fused-ring (bicyclic) bond motifs is 1. The minimum Gasteiger partial charge on any atom is -0.394 e. The molecule has 0 unspecified atom stereocenters. The smallest absolute Gasteiger partial charge is 0.142 e. The molecule has 80 valence electrons. The Labute approximate surface area is 92.3 Å². The Balaban J connectivity index is 2.39. The van der Waals surface area contributed by atoms with Crippen LogP contribution < -0.4 is 0 Å². The second-order valence-corrected chi connectivity index (χ2v) is 3.18. The van der Waals surface area contributed by atoms with Crippen molar-refractivity contribution < 1.29 is 5.11 Å². The second kappa shape index (κ2) is 4.55. The minimum absolute atomic E-state index is 0.0196. The van der Waals surface area contributed by atoms with E-state index in [0.29, 0.717) is 17.9 Å². The number of aliphatic hydroxyl groups excluding tert-OH is 1. The number of nitrogens with zero attached hydrogens (tertiary/aromatic N) is 4. The van der Waals surface area contributed by atoms with E-state index in [1.807, 2.05) is 18.2 Å². The van der Waals surface area contributed by atoms with Gasteiger partial charge in [0.2, 0.25) is 0 Å². The van der Waals surface area contributed by atoms with Gasteiger partial charge in [-0.15, -0.1) is 0 Å². The van der Waals surface area contributed by atoms with Gasteiger partial charge in [-0.3, -0.25) is 4.99 Å². The van der Waals surface area contributed by atoms with E-state index < -0.39 is 0 Å². The van der Waals surface area contributed by atoms with E-state index in [9.17, 15) is 0 Å². The summed E-state index contributed by atoms with van der Waals surface area (Å²) < 4.78 is 1.57. The maximum absolute atomic E-state index is 8.85. The van der Waals surface area contributed by atoms with Crippen LogP contribution in [-0.4, -0.2) is 34.1 Å². The first-order valence-corrected chi connectivity index (χ1v) is 4.85. The summed E-state index contributed by atoms with van der Waals surface area (Å²) in [4.78, 5) is 3.97. The third-order valence-electron chi connectivity index (χ3n) is 2.09. The van der Waals surface area contributed by atoms with Crippen LogP contribution in [0.3, 0.4) is 0 Å². The summed E-state index contributed by atoms with van der Waals surface area (Å²) in [5.41, 5.74) is 2.02. The Morgan fingerprint density at radius 1 is 1.44 bits per heavy atom. The van der Waals surface area contributed by atoms with Gasteiger partial charge in [-0.05, 0) is 24.3 Å². The van der Waals surface area contributed by atoms with Crippen molar-refractivity contribution >= 4 is 11.7 Å². The molecule has 5 nitrogen and oxygen atoms in total. The maximum atomic E-state index is 8.85. The molecule has 16 heavy (non-hydrogen) atoms. The van der Waals surface area contributed by atoms with E-state index >= 15 is 0 Å². The van der Waals surface area contributed by atoms with Gasteiger partial charge in [0.1, 0.15) is 17.5 Å². The quantitative estimate of drug-likeness (QED) is 0.761. The van der Waals surface area contributed by atoms with Gasteiger partial charge in [0.05, 0.1) is 18.7 Å². The number of aliphatic hydroxyl groups is 1. The van der Waals surface area contributed by atoms with Crippen molar-refractivity contribution in [1.29, 1.82) is 5.26 Å². The van der Waals surface area contributed by atoms with Gasteiger partial charge < -0.3 is 5.11 Å². The molecule has 0 aromatic carbocycles. The zero-order valence-corrected chi connectivity index (χ0v) is 8.54. The number of rotatable bonds is 3. The van der Waals surface area contributed by atoms with E-state index in [4.69, 9.17) is 10.4 Å². The summed E-state index contributed by atoms with van der Waals surface area (Å²) in [6.45, 7) is 0.377. The van der Waals surface area contributed by atoms with E-state index in [-0.39, 0.29) is 6.61 Å². The highest BCUT2D eigenvalue weighted by Crippen LogP contribution is 2.07. The highest BCUT2D eigenvalue weighted by molar-refractivity contribution is 5.77. The van der Waals surface area contributed by atoms with Crippen molar-refractivity contribution in [1.82, 2.24) is 9.61 Å².